The summed E-state index contributed by atoms with van der Waals surface area (Å²) in [5.74, 6) is -0.243. The third kappa shape index (κ3) is 4.97. The molecule has 0 aliphatic carbocycles. The van der Waals surface area contributed by atoms with Crippen LogP contribution in [-0.2, 0) is 9.59 Å². The third-order valence-electron chi connectivity index (χ3n) is 4.61. The van der Waals surface area contributed by atoms with Crippen molar-refractivity contribution in [1.29, 1.82) is 0 Å². The molecule has 0 radical (unpaired) electrons. The maximum atomic E-state index is 12.6. The molecule has 1 atom stereocenters. The predicted molar refractivity (Wildman–Crippen MR) is 93.1 cm³/mol. The van der Waals surface area contributed by atoms with Gasteiger partial charge in [0.2, 0.25) is 11.8 Å². The fraction of sp³-hybridized carbons (Fsp3) is 0.706. The number of nitrogens with two attached hydrogens (primary N) is 1. The third-order valence-corrected chi connectivity index (χ3v) is 4.61. The van der Waals surface area contributed by atoms with Crippen LogP contribution in [0, 0.1) is 11.8 Å². The van der Waals surface area contributed by atoms with Gasteiger partial charge in [-0.1, -0.05) is 20.4 Å². The van der Waals surface area contributed by atoms with Crippen molar-refractivity contribution in [2.75, 3.05) is 33.7 Å². The van der Waals surface area contributed by atoms with E-state index >= 15 is 0 Å². The number of hydrogen-bond acceptors (Lipinski definition) is 3. The summed E-state index contributed by atoms with van der Waals surface area (Å²) < 4.78 is 0. The number of likely N-dealkylation sites (tertiary alicyclic amines) is 1. The second kappa shape index (κ2) is 8.70. The van der Waals surface area contributed by atoms with Crippen molar-refractivity contribution in [3.05, 3.63) is 12.7 Å². The summed E-state index contributed by atoms with van der Waals surface area (Å²) in [5.41, 5.74) is 5.43. The highest BCUT2D eigenvalue weighted by atomic mass is 16.2. The predicted octanol–water partition coefficient (Wildman–Crippen LogP) is 0.905. The van der Waals surface area contributed by atoms with Gasteiger partial charge in [0.1, 0.15) is 6.04 Å². The second-order valence-corrected chi connectivity index (χ2v) is 6.84. The normalized spacial score (nSPS) is 16.6. The molecule has 1 heterocycles. The van der Waals surface area contributed by atoms with Crippen LogP contribution in [0.4, 0.5) is 4.79 Å². The van der Waals surface area contributed by atoms with Crippen molar-refractivity contribution in [3.8, 4) is 0 Å². The Kier molecular flexibility index (Phi) is 7.25. The first-order valence-electron chi connectivity index (χ1n) is 8.37. The van der Waals surface area contributed by atoms with Crippen LogP contribution < -0.4 is 5.73 Å². The first-order valence-corrected chi connectivity index (χ1v) is 8.37. The maximum absolute atomic E-state index is 12.6. The molecule has 0 spiro atoms. The average Bonchev–Trinajstić information content (AvgIpc) is 2.53. The molecule has 24 heavy (non-hydrogen) atoms. The van der Waals surface area contributed by atoms with Crippen molar-refractivity contribution < 1.29 is 14.4 Å². The first-order chi connectivity index (χ1) is 11.2. The molecule has 0 aromatic heterocycles. The molecule has 1 aliphatic heterocycles. The van der Waals surface area contributed by atoms with Gasteiger partial charge < -0.3 is 20.4 Å². The Balaban J connectivity index is 2.57. The van der Waals surface area contributed by atoms with Crippen molar-refractivity contribution in [1.82, 2.24) is 14.7 Å². The molecular formula is C17H30N4O3. The van der Waals surface area contributed by atoms with Crippen molar-refractivity contribution >= 4 is 17.8 Å². The monoisotopic (exact) mass is 338 g/mol. The minimum Gasteiger partial charge on any atom is -0.368 e. The molecule has 0 unspecified atom stereocenters. The summed E-state index contributed by atoms with van der Waals surface area (Å²) in [7, 11) is 3.38. The standard InChI is InChI=1S/C17H30N4O3/c1-6-14(22)19(4)11-13-7-9-21(10-8-13)17(24)20(5)15(12(2)3)16(18)23/h6,12-13,15H,1,7-11H2,2-5H3,(H2,18,23)/t15-/m0/s1. The van der Waals surface area contributed by atoms with Crippen molar-refractivity contribution in [2.24, 2.45) is 17.6 Å². The zero-order chi connectivity index (χ0) is 18.4. The second-order valence-electron chi connectivity index (χ2n) is 6.84. The van der Waals surface area contributed by atoms with E-state index in [1.807, 2.05) is 13.8 Å². The van der Waals surface area contributed by atoms with Gasteiger partial charge in [0.05, 0.1) is 0 Å². The number of carbonyl (C=O) groups is 3. The minimum absolute atomic E-state index is 0.0347. The maximum Gasteiger partial charge on any atom is 0.320 e. The summed E-state index contributed by atoms with van der Waals surface area (Å²) in [4.78, 5) is 40.6. The summed E-state index contributed by atoms with van der Waals surface area (Å²) >= 11 is 0. The van der Waals surface area contributed by atoms with Crippen LogP contribution in [0.1, 0.15) is 26.7 Å². The number of hydrogen-bond donors (Lipinski definition) is 1. The SMILES string of the molecule is C=CC(=O)N(C)CC1CCN(C(=O)N(C)[C@H](C(N)=O)C(C)C)CC1. The number of nitrogens with zero attached hydrogens (tertiary/aromatic N) is 3. The summed E-state index contributed by atoms with van der Waals surface area (Å²) in [6.45, 7) is 9.14. The number of urea groups is 1. The van der Waals surface area contributed by atoms with Crippen LogP contribution in [0.25, 0.3) is 0 Å². The highest BCUT2D eigenvalue weighted by Gasteiger charge is 2.32. The Labute approximate surface area is 144 Å². The molecule has 1 rings (SSSR count). The van der Waals surface area contributed by atoms with E-state index in [1.165, 1.54) is 11.0 Å². The van der Waals surface area contributed by atoms with E-state index in [1.54, 1.807) is 23.9 Å². The Bertz CT molecular complexity index is 484. The molecule has 1 fully saturated rings. The molecule has 7 heteroatoms. The van der Waals surface area contributed by atoms with Crippen LogP contribution in [0.3, 0.4) is 0 Å². The lowest BCUT2D eigenvalue weighted by atomic mass is 9.96. The largest absolute Gasteiger partial charge is 0.368 e. The van der Waals surface area contributed by atoms with Gasteiger partial charge in [-0.2, -0.15) is 0 Å². The van der Waals surface area contributed by atoms with E-state index in [0.717, 1.165) is 12.8 Å². The topological polar surface area (TPSA) is 87.0 Å². The zero-order valence-electron chi connectivity index (χ0n) is 15.2. The molecule has 2 N–H and O–H groups in total. The van der Waals surface area contributed by atoms with Gasteiger partial charge in [-0.25, -0.2) is 4.79 Å². The van der Waals surface area contributed by atoms with E-state index in [0.29, 0.717) is 25.6 Å². The molecular weight excluding hydrogens is 308 g/mol. The van der Waals surface area contributed by atoms with Gasteiger partial charge in [-0.3, -0.25) is 9.59 Å². The summed E-state index contributed by atoms with van der Waals surface area (Å²) in [5, 5.41) is 0. The van der Waals surface area contributed by atoms with Gasteiger partial charge >= 0.3 is 6.03 Å². The molecule has 4 amide bonds. The molecule has 1 saturated heterocycles. The van der Waals surface area contributed by atoms with Crippen LogP contribution >= 0.6 is 0 Å². The van der Waals surface area contributed by atoms with Crippen molar-refractivity contribution in [2.45, 2.75) is 32.7 Å². The molecule has 1 aliphatic rings. The van der Waals surface area contributed by atoms with E-state index in [9.17, 15) is 14.4 Å². The number of amides is 4. The summed E-state index contributed by atoms with van der Waals surface area (Å²) in [6, 6.07) is -0.770. The zero-order valence-corrected chi connectivity index (χ0v) is 15.2. The quantitative estimate of drug-likeness (QED) is 0.730. The number of primary amides is 1. The van der Waals surface area contributed by atoms with E-state index in [-0.39, 0.29) is 17.9 Å². The highest BCUT2D eigenvalue weighted by Crippen LogP contribution is 2.20. The molecule has 7 nitrogen and oxygen atoms in total. The Morgan fingerprint density at radius 1 is 1.25 bits per heavy atom. The van der Waals surface area contributed by atoms with Crippen LogP contribution in [-0.4, -0.2) is 72.3 Å². The van der Waals surface area contributed by atoms with E-state index in [2.05, 4.69) is 6.58 Å². The van der Waals surface area contributed by atoms with E-state index in [4.69, 9.17) is 5.73 Å². The fourth-order valence-electron chi connectivity index (χ4n) is 3.25. The van der Waals surface area contributed by atoms with Crippen LogP contribution in [0.15, 0.2) is 12.7 Å². The Hall–Kier alpha value is -2.05. The lowest BCUT2D eigenvalue weighted by Crippen LogP contribution is -2.54. The number of rotatable bonds is 6. The molecule has 0 aromatic carbocycles. The van der Waals surface area contributed by atoms with Gasteiger partial charge in [0.25, 0.3) is 0 Å². The van der Waals surface area contributed by atoms with Gasteiger partial charge in [0, 0.05) is 33.7 Å². The Morgan fingerprint density at radius 3 is 2.21 bits per heavy atom. The highest BCUT2D eigenvalue weighted by molar-refractivity contribution is 5.87. The fourth-order valence-corrected chi connectivity index (χ4v) is 3.25. The lowest BCUT2D eigenvalue weighted by Gasteiger charge is -2.38. The van der Waals surface area contributed by atoms with Crippen LogP contribution in [0.5, 0.6) is 0 Å². The smallest absolute Gasteiger partial charge is 0.320 e. The molecule has 0 saturated carbocycles. The number of likely N-dealkylation sites (N-methyl/N-ethyl adjacent to an activating group) is 2. The van der Waals surface area contributed by atoms with Gasteiger partial charge in [-0.15, -0.1) is 0 Å². The first kappa shape index (κ1) is 20.0. The lowest BCUT2D eigenvalue weighted by molar-refractivity contribution is -0.125. The molecule has 136 valence electrons. The van der Waals surface area contributed by atoms with Gasteiger partial charge in [0.15, 0.2) is 0 Å². The van der Waals surface area contributed by atoms with Crippen LogP contribution in [0.2, 0.25) is 0 Å². The Morgan fingerprint density at radius 2 is 1.79 bits per heavy atom. The minimum atomic E-state index is -0.605. The van der Waals surface area contributed by atoms with Gasteiger partial charge in [-0.05, 0) is 30.8 Å². The number of piperidine rings is 1. The van der Waals surface area contributed by atoms with Crippen molar-refractivity contribution in [3.63, 3.8) is 0 Å². The molecule has 0 bridgehead atoms. The average molecular weight is 338 g/mol. The molecule has 0 aromatic rings. The van der Waals surface area contributed by atoms with E-state index < -0.39 is 11.9 Å². The number of carbonyl (C=O) groups excluding carboxylic acids is 3. The summed E-state index contributed by atoms with van der Waals surface area (Å²) in [6.07, 6.45) is 2.97.